The first-order chi connectivity index (χ1) is 17.2. The van der Waals surface area contributed by atoms with E-state index in [1.807, 2.05) is 85.2 Å². The third kappa shape index (κ3) is 5.55. The maximum Gasteiger partial charge on any atom is 0.255 e. The number of piperidine rings is 1. The summed E-state index contributed by atoms with van der Waals surface area (Å²) < 4.78 is 2.06. The molecule has 0 spiro atoms. The Kier molecular flexibility index (Phi) is 6.82. The fraction of sp³-hybridized carbons (Fsp3) is 0.207. The number of nitrogens with zero attached hydrogens (tertiary/aromatic N) is 2. The zero-order valence-electron chi connectivity index (χ0n) is 19.6. The first-order valence-corrected chi connectivity index (χ1v) is 12.1. The van der Waals surface area contributed by atoms with Gasteiger partial charge in [0, 0.05) is 66.1 Å². The van der Waals surface area contributed by atoms with Gasteiger partial charge < -0.3 is 25.2 Å². The number of hydrogen-bond donors (Lipinski definition) is 3. The van der Waals surface area contributed by atoms with Crippen molar-refractivity contribution in [2.45, 2.75) is 12.8 Å². The van der Waals surface area contributed by atoms with Gasteiger partial charge in [-0.25, -0.2) is 0 Å². The lowest BCUT2D eigenvalue weighted by molar-refractivity contribution is 0.102. The molecule has 0 radical (unpaired) electrons. The number of hydrogen-bond acceptors (Lipinski definition) is 4. The van der Waals surface area contributed by atoms with Crippen LogP contribution in [0.1, 0.15) is 23.2 Å². The number of aliphatic hydroxyl groups is 1. The normalized spacial score (nSPS) is 15.6. The van der Waals surface area contributed by atoms with Crippen molar-refractivity contribution in [1.82, 2.24) is 4.57 Å². The Balaban J connectivity index is 1.17. The summed E-state index contributed by atoms with van der Waals surface area (Å²) in [5.41, 5.74) is 5.51. The van der Waals surface area contributed by atoms with Gasteiger partial charge in [0.1, 0.15) is 0 Å². The van der Waals surface area contributed by atoms with E-state index in [4.69, 9.17) is 0 Å². The van der Waals surface area contributed by atoms with E-state index in [-0.39, 0.29) is 12.5 Å². The molecule has 3 N–H and O–H groups in total. The topological polar surface area (TPSA) is 69.5 Å². The van der Waals surface area contributed by atoms with E-state index >= 15 is 0 Å². The molecule has 1 unspecified atom stereocenters. The van der Waals surface area contributed by atoms with Crippen LogP contribution in [0.3, 0.4) is 0 Å². The summed E-state index contributed by atoms with van der Waals surface area (Å²) >= 11 is 0. The van der Waals surface area contributed by atoms with Crippen LogP contribution >= 0.6 is 0 Å². The molecule has 5 rings (SSSR count). The molecule has 0 bridgehead atoms. The molecule has 0 saturated carbocycles. The molecule has 1 fully saturated rings. The fourth-order valence-electron chi connectivity index (χ4n) is 4.50. The van der Waals surface area contributed by atoms with E-state index in [9.17, 15) is 9.90 Å². The number of anilines is 4. The lowest BCUT2D eigenvalue weighted by atomic mass is 9.98. The maximum atomic E-state index is 12.7. The van der Waals surface area contributed by atoms with E-state index in [0.29, 0.717) is 11.5 Å². The number of carbonyl (C=O) groups excluding carboxylic acids is 1. The highest BCUT2D eigenvalue weighted by molar-refractivity contribution is 6.04. The summed E-state index contributed by atoms with van der Waals surface area (Å²) in [6.45, 7) is 2.07. The van der Waals surface area contributed by atoms with Crippen LogP contribution in [0.15, 0.2) is 97.3 Å². The predicted molar refractivity (Wildman–Crippen MR) is 142 cm³/mol. The molecular weight excluding hydrogens is 436 g/mol. The van der Waals surface area contributed by atoms with E-state index in [0.717, 1.165) is 54.4 Å². The number of carbonyl (C=O) groups is 1. The zero-order valence-corrected chi connectivity index (χ0v) is 19.6. The van der Waals surface area contributed by atoms with Crippen LogP contribution in [-0.4, -0.2) is 35.3 Å². The second kappa shape index (κ2) is 10.5. The summed E-state index contributed by atoms with van der Waals surface area (Å²) in [5.74, 6) is 0.193. The van der Waals surface area contributed by atoms with Crippen LogP contribution in [0.2, 0.25) is 0 Å². The van der Waals surface area contributed by atoms with Gasteiger partial charge in [-0.2, -0.15) is 0 Å². The number of rotatable bonds is 7. The van der Waals surface area contributed by atoms with Crippen LogP contribution < -0.4 is 15.5 Å². The van der Waals surface area contributed by atoms with Crippen molar-refractivity contribution in [3.8, 4) is 5.69 Å². The zero-order chi connectivity index (χ0) is 24.0. The van der Waals surface area contributed by atoms with Crippen LogP contribution in [-0.2, 0) is 0 Å². The van der Waals surface area contributed by atoms with Crippen molar-refractivity contribution in [2.24, 2.45) is 5.92 Å². The molecule has 1 aromatic heterocycles. The average molecular weight is 467 g/mol. The van der Waals surface area contributed by atoms with Crippen molar-refractivity contribution >= 4 is 28.7 Å². The van der Waals surface area contributed by atoms with E-state index in [1.54, 1.807) is 0 Å². The van der Waals surface area contributed by atoms with Gasteiger partial charge in [-0.05, 0) is 104 Å². The lowest BCUT2D eigenvalue weighted by Crippen LogP contribution is -2.36. The minimum absolute atomic E-state index is 0.135. The Morgan fingerprint density at radius 3 is 2.09 bits per heavy atom. The smallest absolute Gasteiger partial charge is 0.255 e. The number of nitrogens with one attached hydrogen (secondary N) is 2. The summed E-state index contributed by atoms with van der Waals surface area (Å²) in [7, 11) is 0. The largest absolute Gasteiger partial charge is 0.396 e. The standard InChI is InChI=1S/C29H30N4O2/c34-21-22-4-3-19-33(20-22)28-13-5-23(6-14-28)29(35)31-26-9-7-24(8-10-26)30-25-11-15-27(16-12-25)32-17-1-2-18-32/h1-2,5-18,22,30,34H,3-4,19-21H2,(H,31,35). The highest BCUT2D eigenvalue weighted by Gasteiger charge is 2.19. The molecule has 6 heteroatoms. The van der Waals surface area contributed by atoms with E-state index < -0.39 is 0 Å². The van der Waals surface area contributed by atoms with Crippen molar-refractivity contribution < 1.29 is 9.90 Å². The van der Waals surface area contributed by atoms with Gasteiger partial charge in [0.25, 0.3) is 5.91 Å². The molecule has 6 nitrogen and oxygen atoms in total. The molecule has 4 aromatic rings. The monoisotopic (exact) mass is 466 g/mol. The first kappa shape index (κ1) is 22.7. The van der Waals surface area contributed by atoms with Gasteiger partial charge in [-0.1, -0.05) is 0 Å². The van der Waals surface area contributed by atoms with Crippen LogP contribution in [0.25, 0.3) is 5.69 Å². The molecule has 35 heavy (non-hydrogen) atoms. The summed E-state index contributed by atoms with van der Waals surface area (Å²) in [4.78, 5) is 15.0. The molecule has 3 aromatic carbocycles. The maximum absolute atomic E-state index is 12.7. The second-order valence-electron chi connectivity index (χ2n) is 8.98. The third-order valence-electron chi connectivity index (χ3n) is 6.47. The molecule has 178 valence electrons. The van der Waals surface area contributed by atoms with Crippen molar-refractivity contribution in [3.63, 3.8) is 0 Å². The van der Waals surface area contributed by atoms with Gasteiger partial charge in [-0.3, -0.25) is 4.79 Å². The Morgan fingerprint density at radius 2 is 1.43 bits per heavy atom. The van der Waals surface area contributed by atoms with Crippen molar-refractivity contribution in [1.29, 1.82) is 0 Å². The quantitative estimate of drug-likeness (QED) is 0.328. The van der Waals surface area contributed by atoms with Gasteiger partial charge >= 0.3 is 0 Å². The van der Waals surface area contributed by atoms with E-state index in [2.05, 4.69) is 32.2 Å². The molecule has 1 saturated heterocycles. The first-order valence-electron chi connectivity index (χ1n) is 12.1. The van der Waals surface area contributed by atoms with Crippen molar-refractivity contribution in [2.75, 3.05) is 35.2 Å². The number of aromatic nitrogens is 1. The average Bonchev–Trinajstić information content (AvgIpc) is 3.45. The molecule has 2 heterocycles. The predicted octanol–water partition coefficient (Wildman–Crippen LogP) is 5.68. The lowest BCUT2D eigenvalue weighted by Gasteiger charge is -2.33. The van der Waals surface area contributed by atoms with E-state index in [1.165, 1.54) is 0 Å². The summed E-state index contributed by atoms with van der Waals surface area (Å²) in [6.07, 6.45) is 6.19. The molecule has 1 atom stereocenters. The van der Waals surface area contributed by atoms with Gasteiger partial charge in [0.05, 0.1) is 0 Å². The molecular formula is C29H30N4O2. The molecule has 1 aliphatic rings. The number of aliphatic hydroxyl groups excluding tert-OH is 1. The van der Waals surface area contributed by atoms with Crippen molar-refractivity contribution in [3.05, 3.63) is 103 Å². The van der Waals surface area contributed by atoms with Crippen LogP contribution in [0.4, 0.5) is 22.7 Å². The number of benzene rings is 3. The minimum atomic E-state index is -0.135. The Morgan fingerprint density at radius 1 is 0.829 bits per heavy atom. The third-order valence-corrected chi connectivity index (χ3v) is 6.47. The van der Waals surface area contributed by atoms with Gasteiger partial charge in [0.2, 0.25) is 0 Å². The Bertz CT molecular complexity index is 1230. The fourth-order valence-corrected chi connectivity index (χ4v) is 4.50. The number of amides is 1. The van der Waals surface area contributed by atoms with Crippen LogP contribution in [0, 0.1) is 5.92 Å². The Hall–Kier alpha value is -4.03. The van der Waals surface area contributed by atoms with Gasteiger partial charge in [-0.15, -0.1) is 0 Å². The summed E-state index contributed by atoms with van der Waals surface area (Å²) in [5, 5.41) is 15.8. The molecule has 0 aliphatic carbocycles. The van der Waals surface area contributed by atoms with Gasteiger partial charge in [0.15, 0.2) is 0 Å². The molecule has 1 amide bonds. The highest BCUT2D eigenvalue weighted by Crippen LogP contribution is 2.24. The summed E-state index contributed by atoms with van der Waals surface area (Å²) in [6, 6.07) is 27.6. The SMILES string of the molecule is O=C(Nc1ccc(Nc2ccc(-n3cccc3)cc2)cc1)c1ccc(N2CCCC(CO)C2)cc1. The molecule has 1 aliphatic heterocycles. The second-order valence-corrected chi connectivity index (χ2v) is 8.98. The highest BCUT2D eigenvalue weighted by atomic mass is 16.3. The minimum Gasteiger partial charge on any atom is -0.396 e. The Labute approximate surface area is 205 Å². The van der Waals surface area contributed by atoms with Crippen LogP contribution in [0.5, 0.6) is 0 Å².